The molecule has 0 heterocycles. The monoisotopic (exact) mass is 211 g/mol. The normalized spacial score (nSPS) is 13.9. The summed E-state index contributed by atoms with van der Waals surface area (Å²) in [5, 5.41) is 8.49. The largest absolute Gasteiger partial charge is 0.289 e. The fourth-order valence-electron chi connectivity index (χ4n) is 2.15. The molecule has 1 aliphatic carbocycles. The molecule has 0 radical (unpaired) electrons. The van der Waals surface area contributed by atoms with Gasteiger partial charge in [-0.05, 0) is 30.9 Å². The van der Waals surface area contributed by atoms with E-state index in [0.717, 1.165) is 28.7 Å². The highest BCUT2D eigenvalue weighted by molar-refractivity contribution is 6.20. The van der Waals surface area contributed by atoms with E-state index in [-0.39, 0.29) is 5.78 Å². The Morgan fingerprint density at radius 2 is 1.94 bits per heavy atom. The predicted octanol–water partition coefficient (Wildman–Crippen LogP) is 3.35. The smallest absolute Gasteiger partial charge is 0.189 e. The SMILES string of the molecule is CC1=C(CCCC#N)C(=O)c2ccccc21. The molecular weight excluding hydrogens is 198 g/mol. The van der Waals surface area contributed by atoms with Crippen molar-refractivity contribution in [1.29, 1.82) is 5.26 Å². The van der Waals surface area contributed by atoms with Crippen LogP contribution in [0.1, 0.15) is 42.1 Å². The van der Waals surface area contributed by atoms with Crippen molar-refractivity contribution in [3.05, 3.63) is 41.0 Å². The van der Waals surface area contributed by atoms with Gasteiger partial charge < -0.3 is 0 Å². The molecule has 16 heavy (non-hydrogen) atoms. The van der Waals surface area contributed by atoms with E-state index in [2.05, 4.69) is 6.07 Å². The van der Waals surface area contributed by atoms with Gasteiger partial charge in [0.05, 0.1) is 6.07 Å². The zero-order valence-electron chi connectivity index (χ0n) is 9.29. The summed E-state index contributed by atoms with van der Waals surface area (Å²) in [6.07, 6.45) is 2.00. The van der Waals surface area contributed by atoms with Gasteiger partial charge >= 0.3 is 0 Å². The van der Waals surface area contributed by atoms with Crippen molar-refractivity contribution in [2.75, 3.05) is 0 Å². The van der Waals surface area contributed by atoms with E-state index in [4.69, 9.17) is 5.26 Å². The summed E-state index contributed by atoms with van der Waals surface area (Å²) in [5.74, 6) is 0.144. The van der Waals surface area contributed by atoms with Crippen molar-refractivity contribution in [2.45, 2.75) is 26.2 Å². The molecule has 0 amide bonds. The number of hydrogen-bond donors (Lipinski definition) is 0. The molecule has 2 heteroatoms. The highest BCUT2D eigenvalue weighted by Gasteiger charge is 2.25. The maximum absolute atomic E-state index is 12.1. The number of unbranched alkanes of at least 4 members (excludes halogenated alkanes) is 1. The average Bonchev–Trinajstić information content (AvgIpc) is 2.55. The Morgan fingerprint density at radius 3 is 2.56 bits per heavy atom. The van der Waals surface area contributed by atoms with Crippen molar-refractivity contribution < 1.29 is 4.79 Å². The van der Waals surface area contributed by atoms with Crippen molar-refractivity contribution in [1.82, 2.24) is 0 Å². The minimum Gasteiger partial charge on any atom is -0.289 e. The summed E-state index contributed by atoms with van der Waals surface area (Å²) in [7, 11) is 0. The van der Waals surface area contributed by atoms with Crippen molar-refractivity contribution in [3.8, 4) is 6.07 Å². The van der Waals surface area contributed by atoms with Crippen LogP contribution in [0.15, 0.2) is 29.8 Å². The number of ketones is 1. The molecule has 1 aliphatic rings. The summed E-state index contributed by atoms with van der Waals surface area (Å²) in [4.78, 5) is 12.1. The van der Waals surface area contributed by atoms with Crippen LogP contribution in [0.5, 0.6) is 0 Å². The van der Waals surface area contributed by atoms with Crippen molar-refractivity contribution in [3.63, 3.8) is 0 Å². The number of allylic oxidation sites excluding steroid dienone is 2. The van der Waals surface area contributed by atoms with Crippen LogP contribution in [-0.2, 0) is 0 Å². The van der Waals surface area contributed by atoms with Crippen LogP contribution in [-0.4, -0.2) is 5.78 Å². The molecule has 0 saturated heterocycles. The van der Waals surface area contributed by atoms with Gasteiger partial charge in [0.1, 0.15) is 0 Å². The van der Waals surface area contributed by atoms with Gasteiger partial charge in [-0.3, -0.25) is 4.79 Å². The van der Waals surface area contributed by atoms with Crippen LogP contribution in [0.4, 0.5) is 0 Å². The van der Waals surface area contributed by atoms with Crippen molar-refractivity contribution >= 4 is 11.4 Å². The Balaban J connectivity index is 2.27. The second-order valence-electron chi connectivity index (χ2n) is 3.99. The van der Waals surface area contributed by atoms with Gasteiger partial charge in [0, 0.05) is 17.6 Å². The molecule has 0 unspecified atom stereocenters. The van der Waals surface area contributed by atoms with Crippen molar-refractivity contribution in [2.24, 2.45) is 0 Å². The summed E-state index contributed by atoms with van der Waals surface area (Å²) < 4.78 is 0. The number of Topliss-reactive ketones (excluding diaryl/α,β-unsaturated/α-hetero) is 1. The molecule has 0 aliphatic heterocycles. The number of benzene rings is 1. The van der Waals surface area contributed by atoms with Gasteiger partial charge in [0.25, 0.3) is 0 Å². The van der Waals surface area contributed by atoms with Crippen LogP contribution >= 0.6 is 0 Å². The van der Waals surface area contributed by atoms with E-state index in [0.29, 0.717) is 12.8 Å². The number of nitriles is 1. The van der Waals surface area contributed by atoms with Gasteiger partial charge in [-0.25, -0.2) is 0 Å². The third kappa shape index (κ3) is 1.65. The lowest BCUT2D eigenvalue weighted by Gasteiger charge is -1.99. The van der Waals surface area contributed by atoms with Gasteiger partial charge in [-0.15, -0.1) is 0 Å². The highest BCUT2D eigenvalue weighted by Crippen LogP contribution is 2.34. The van der Waals surface area contributed by atoms with E-state index in [1.165, 1.54) is 0 Å². The molecule has 1 aromatic rings. The number of carbonyl (C=O) groups excluding carboxylic acids is 1. The summed E-state index contributed by atoms with van der Waals surface area (Å²) >= 11 is 0. The van der Waals surface area contributed by atoms with Crippen LogP contribution in [0.3, 0.4) is 0 Å². The zero-order chi connectivity index (χ0) is 11.5. The first-order valence-corrected chi connectivity index (χ1v) is 5.46. The Labute approximate surface area is 95.2 Å². The molecule has 1 aromatic carbocycles. The number of rotatable bonds is 3. The van der Waals surface area contributed by atoms with Gasteiger partial charge in [0.2, 0.25) is 0 Å². The maximum Gasteiger partial charge on any atom is 0.189 e. The first-order valence-electron chi connectivity index (χ1n) is 5.46. The molecule has 0 N–H and O–H groups in total. The first-order chi connectivity index (χ1) is 7.75. The molecule has 0 atom stereocenters. The topological polar surface area (TPSA) is 40.9 Å². The van der Waals surface area contributed by atoms with E-state index in [1.54, 1.807) is 0 Å². The first kappa shape index (κ1) is 10.6. The second-order valence-corrected chi connectivity index (χ2v) is 3.99. The molecule has 2 rings (SSSR count). The number of carbonyl (C=O) groups is 1. The van der Waals surface area contributed by atoms with Crippen LogP contribution in [0.2, 0.25) is 0 Å². The van der Waals surface area contributed by atoms with E-state index >= 15 is 0 Å². The van der Waals surface area contributed by atoms with E-state index < -0.39 is 0 Å². The van der Waals surface area contributed by atoms with Gasteiger partial charge in [0.15, 0.2) is 5.78 Å². The minimum absolute atomic E-state index is 0.144. The summed E-state index contributed by atoms with van der Waals surface area (Å²) in [6.45, 7) is 1.99. The minimum atomic E-state index is 0.144. The molecule has 0 saturated carbocycles. The fourth-order valence-corrected chi connectivity index (χ4v) is 2.15. The fraction of sp³-hybridized carbons (Fsp3) is 0.286. The molecule has 0 spiro atoms. The van der Waals surface area contributed by atoms with Gasteiger partial charge in [-0.2, -0.15) is 5.26 Å². The quantitative estimate of drug-likeness (QED) is 0.719. The predicted molar refractivity (Wildman–Crippen MR) is 62.8 cm³/mol. The second kappa shape index (κ2) is 4.32. The molecule has 0 aromatic heterocycles. The summed E-state index contributed by atoms with van der Waals surface area (Å²) in [5.41, 5.74) is 3.83. The third-order valence-electron chi connectivity index (χ3n) is 3.02. The number of fused-ring (bicyclic) bond motifs is 1. The summed E-state index contributed by atoms with van der Waals surface area (Å²) in [6, 6.07) is 9.81. The van der Waals surface area contributed by atoms with Crippen LogP contribution in [0.25, 0.3) is 5.57 Å². The average molecular weight is 211 g/mol. The lowest BCUT2D eigenvalue weighted by atomic mass is 10.0. The Bertz CT molecular complexity index is 506. The molecule has 2 nitrogen and oxygen atoms in total. The Hall–Kier alpha value is -1.88. The number of hydrogen-bond acceptors (Lipinski definition) is 2. The lowest BCUT2D eigenvalue weighted by molar-refractivity contribution is 0.103. The maximum atomic E-state index is 12.1. The molecule has 80 valence electrons. The number of nitrogens with zero attached hydrogens (tertiary/aromatic N) is 1. The lowest BCUT2D eigenvalue weighted by Crippen LogP contribution is -1.98. The van der Waals surface area contributed by atoms with Crippen LogP contribution < -0.4 is 0 Å². The molecular formula is C14H13NO. The van der Waals surface area contributed by atoms with Gasteiger partial charge in [-0.1, -0.05) is 24.3 Å². The van der Waals surface area contributed by atoms with Crippen LogP contribution in [0, 0.1) is 11.3 Å². The standard InChI is InChI=1S/C14H13NO/c1-10-11-6-2-3-8-13(11)14(16)12(10)7-4-5-9-15/h2-3,6,8H,4-5,7H2,1H3. The zero-order valence-corrected chi connectivity index (χ0v) is 9.29. The molecule has 0 fully saturated rings. The Morgan fingerprint density at radius 1 is 1.25 bits per heavy atom. The third-order valence-corrected chi connectivity index (χ3v) is 3.02. The highest BCUT2D eigenvalue weighted by atomic mass is 16.1. The Kier molecular flexibility index (Phi) is 2.87. The molecule has 0 bridgehead atoms. The van der Waals surface area contributed by atoms with E-state index in [9.17, 15) is 4.79 Å². The van der Waals surface area contributed by atoms with E-state index in [1.807, 2.05) is 31.2 Å².